The number of aliphatic hydroxyl groups is 1. The van der Waals surface area contributed by atoms with E-state index in [0.717, 1.165) is 43.0 Å². The van der Waals surface area contributed by atoms with E-state index in [0.29, 0.717) is 0 Å². The highest BCUT2D eigenvalue weighted by molar-refractivity contribution is 5.37. The summed E-state index contributed by atoms with van der Waals surface area (Å²) in [5.41, 5.74) is 1.14. The number of likely N-dealkylation sites (tertiary alicyclic amines) is 1. The maximum Gasteiger partial charge on any atom is 0.145 e. The Hall–Kier alpha value is -1.91. The third kappa shape index (κ3) is 3.40. The zero-order valence-corrected chi connectivity index (χ0v) is 12.0. The molecule has 1 atom stereocenters. The lowest BCUT2D eigenvalue weighted by Gasteiger charge is -2.23. The fraction of sp³-hybridized carbons (Fsp3) is 0.353. The molecule has 1 fully saturated rings. The van der Waals surface area contributed by atoms with Gasteiger partial charge in [-0.3, -0.25) is 9.88 Å². The Bertz CT molecular complexity index is 574. The summed E-state index contributed by atoms with van der Waals surface area (Å²) in [6, 6.07) is 12.1. The van der Waals surface area contributed by atoms with Crippen molar-refractivity contribution in [2.24, 2.45) is 0 Å². The Morgan fingerprint density at radius 1 is 1.24 bits per heavy atom. The number of benzene rings is 1. The van der Waals surface area contributed by atoms with Crippen LogP contribution in [0.2, 0.25) is 0 Å². The van der Waals surface area contributed by atoms with Gasteiger partial charge in [-0.25, -0.2) is 0 Å². The van der Waals surface area contributed by atoms with E-state index < -0.39 is 0 Å². The number of ether oxygens (including phenoxy) is 1. The normalized spacial score (nSPS) is 18.8. The number of para-hydroxylation sites is 1. The van der Waals surface area contributed by atoms with Crippen LogP contribution >= 0.6 is 0 Å². The van der Waals surface area contributed by atoms with Gasteiger partial charge < -0.3 is 9.84 Å². The van der Waals surface area contributed by atoms with E-state index in [-0.39, 0.29) is 12.6 Å². The summed E-state index contributed by atoms with van der Waals surface area (Å²) in [5.74, 6) is 1.60. The summed E-state index contributed by atoms with van der Waals surface area (Å²) in [6.07, 6.45) is 5.66. The maximum atomic E-state index is 9.44. The molecule has 1 aromatic heterocycles. The standard InChI is InChI=1S/C17H20N2O2/c20-13-15-6-4-10-19(15)12-14-5-1-2-8-17(14)21-16-7-3-9-18-11-16/h1-3,5,7-9,11,15,20H,4,6,10,12-13H2/t15-/m1/s1. The second-order valence-electron chi connectivity index (χ2n) is 5.35. The van der Waals surface area contributed by atoms with Crippen LogP contribution in [0.1, 0.15) is 18.4 Å². The molecule has 1 aliphatic heterocycles. The summed E-state index contributed by atoms with van der Waals surface area (Å²) in [6.45, 7) is 2.07. The van der Waals surface area contributed by atoms with Gasteiger partial charge in [0.25, 0.3) is 0 Å². The molecule has 2 heterocycles. The van der Waals surface area contributed by atoms with Gasteiger partial charge in [0.2, 0.25) is 0 Å². The average molecular weight is 284 g/mol. The molecule has 4 heteroatoms. The minimum absolute atomic E-state index is 0.228. The number of aromatic nitrogens is 1. The first kappa shape index (κ1) is 14.0. The van der Waals surface area contributed by atoms with E-state index >= 15 is 0 Å². The zero-order valence-electron chi connectivity index (χ0n) is 12.0. The van der Waals surface area contributed by atoms with E-state index in [1.54, 1.807) is 12.4 Å². The van der Waals surface area contributed by atoms with Crippen LogP contribution in [0.3, 0.4) is 0 Å². The molecule has 21 heavy (non-hydrogen) atoms. The number of hydrogen-bond donors (Lipinski definition) is 1. The summed E-state index contributed by atoms with van der Waals surface area (Å²) < 4.78 is 5.94. The lowest BCUT2D eigenvalue weighted by Crippen LogP contribution is -2.31. The van der Waals surface area contributed by atoms with E-state index in [4.69, 9.17) is 4.74 Å². The predicted octanol–water partition coefficient (Wildman–Crippen LogP) is 2.83. The van der Waals surface area contributed by atoms with Crippen LogP contribution in [0.5, 0.6) is 11.5 Å². The summed E-state index contributed by atoms with van der Waals surface area (Å²) >= 11 is 0. The number of nitrogens with zero attached hydrogens (tertiary/aromatic N) is 2. The molecule has 0 saturated carbocycles. The molecule has 3 rings (SSSR count). The van der Waals surface area contributed by atoms with Gasteiger partial charge in [-0.1, -0.05) is 18.2 Å². The number of rotatable bonds is 5. The largest absolute Gasteiger partial charge is 0.455 e. The van der Waals surface area contributed by atoms with Crippen LogP contribution < -0.4 is 4.74 Å². The van der Waals surface area contributed by atoms with Gasteiger partial charge in [0.05, 0.1) is 12.8 Å². The fourth-order valence-corrected chi connectivity index (χ4v) is 2.80. The number of hydrogen-bond acceptors (Lipinski definition) is 4. The Kier molecular flexibility index (Phi) is 4.48. The smallest absolute Gasteiger partial charge is 0.145 e. The minimum Gasteiger partial charge on any atom is -0.455 e. The highest BCUT2D eigenvalue weighted by Gasteiger charge is 2.24. The van der Waals surface area contributed by atoms with E-state index in [9.17, 15) is 5.11 Å². The van der Waals surface area contributed by atoms with E-state index in [2.05, 4.69) is 16.0 Å². The van der Waals surface area contributed by atoms with Gasteiger partial charge in [-0.05, 0) is 37.6 Å². The molecule has 1 aliphatic rings. The highest BCUT2D eigenvalue weighted by atomic mass is 16.5. The van der Waals surface area contributed by atoms with Gasteiger partial charge >= 0.3 is 0 Å². The van der Waals surface area contributed by atoms with Crippen molar-refractivity contribution < 1.29 is 9.84 Å². The first-order valence-electron chi connectivity index (χ1n) is 7.37. The van der Waals surface area contributed by atoms with Crippen molar-refractivity contribution in [1.82, 2.24) is 9.88 Å². The fourth-order valence-electron chi connectivity index (χ4n) is 2.80. The molecule has 0 radical (unpaired) electrons. The second kappa shape index (κ2) is 6.70. The third-order valence-corrected chi connectivity index (χ3v) is 3.92. The van der Waals surface area contributed by atoms with Gasteiger partial charge in [0.1, 0.15) is 11.5 Å². The molecule has 0 aliphatic carbocycles. The lowest BCUT2D eigenvalue weighted by molar-refractivity contribution is 0.153. The monoisotopic (exact) mass is 284 g/mol. The van der Waals surface area contributed by atoms with Crippen molar-refractivity contribution in [3.63, 3.8) is 0 Å². The zero-order chi connectivity index (χ0) is 14.5. The molecule has 0 spiro atoms. The van der Waals surface area contributed by atoms with Crippen molar-refractivity contribution in [2.45, 2.75) is 25.4 Å². The molecule has 1 aromatic carbocycles. The van der Waals surface area contributed by atoms with Gasteiger partial charge in [-0.2, -0.15) is 0 Å². The van der Waals surface area contributed by atoms with E-state index in [1.165, 1.54) is 0 Å². The molecule has 1 saturated heterocycles. The van der Waals surface area contributed by atoms with E-state index in [1.807, 2.05) is 30.3 Å². The molecular weight excluding hydrogens is 264 g/mol. The molecule has 0 unspecified atom stereocenters. The first-order chi connectivity index (χ1) is 10.4. The Morgan fingerprint density at radius 3 is 2.95 bits per heavy atom. The summed E-state index contributed by atoms with van der Waals surface area (Å²) in [7, 11) is 0. The topological polar surface area (TPSA) is 45.6 Å². The van der Waals surface area contributed by atoms with Crippen LogP contribution in [0.25, 0.3) is 0 Å². The number of aliphatic hydroxyl groups excluding tert-OH is 1. The van der Waals surface area contributed by atoms with Crippen LogP contribution in [0.15, 0.2) is 48.8 Å². The molecule has 110 valence electrons. The van der Waals surface area contributed by atoms with Gasteiger partial charge in [0, 0.05) is 24.3 Å². The van der Waals surface area contributed by atoms with Crippen molar-refractivity contribution in [3.05, 3.63) is 54.4 Å². The second-order valence-corrected chi connectivity index (χ2v) is 5.35. The molecule has 2 aromatic rings. The van der Waals surface area contributed by atoms with Crippen LogP contribution in [-0.2, 0) is 6.54 Å². The predicted molar refractivity (Wildman–Crippen MR) is 81.3 cm³/mol. The van der Waals surface area contributed by atoms with Gasteiger partial charge in [0.15, 0.2) is 0 Å². The van der Waals surface area contributed by atoms with Crippen molar-refractivity contribution >= 4 is 0 Å². The average Bonchev–Trinajstić information content (AvgIpc) is 2.97. The molecule has 4 nitrogen and oxygen atoms in total. The Morgan fingerprint density at radius 2 is 2.14 bits per heavy atom. The van der Waals surface area contributed by atoms with Crippen LogP contribution in [0.4, 0.5) is 0 Å². The lowest BCUT2D eigenvalue weighted by atomic mass is 10.1. The van der Waals surface area contributed by atoms with Crippen molar-refractivity contribution in [1.29, 1.82) is 0 Å². The quantitative estimate of drug-likeness (QED) is 0.917. The molecule has 0 bridgehead atoms. The minimum atomic E-state index is 0.228. The van der Waals surface area contributed by atoms with Crippen LogP contribution in [0, 0.1) is 0 Å². The third-order valence-electron chi connectivity index (χ3n) is 3.92. The summed E-state index contributed by atoms with van der Waals surface area (Å²) in [4.78, 5) is 6.40. The number of pyridine rings is 1. The van der Waals surface area contributed by atoms with Gasteiger partial charge in [-0.15, -0.1) is 0 Å². The maximum absolute atomic E-state index is 9.44. The molecule has 0 amide bonds. The SMILES string of the molecule is OC[C@H]1CCCN1Cc1ccccc1Oc1cccnc1. The highest BCUT2D eigenvalue weighted by Crippen LogP contribution is 2.28. The van der Waals surface area contributed by atoms with Crippen molar-refractivity contribution in [3.8, 4) is 11.5 Å². The molecular formula is C17H20N2O2. The first-order valence-corrected chi connectivity index (χ1v) is 7.37. The summed E-state index contributed by atoms with van der Waals surface area (Å²) in [5, 5.41) is 9.44. The van der Waals surface area contributed by atoms with Crippen molar-refractivity contribution in [2.75, 3.05) is 13.2 Å². The Balaban J connectivity index is 1.76. The Labute approximate surface area is 125 Å². The molecule has 1 N–H and O–H groups in total. The van der Waals surface area contributed by atoms with Crippen LogP contribution in [-0.4, -0.2) is 34.2 Å².